The first-order chi connectivity index (χ1) is 12.1. The number of methoxy groups -OCH3 is 1. The Labute approximate surface area is 152 Å². The molecule has 1 fully saturated rings. The van der Waals surface area contributed by atoms with Gasteiger partial charge in [-0.2, -0.15) is 0 Å². The van der Waals surface area contributed by atoms with Crippen LogP contribution in [-0.2, 0) is 4.74 Å². The fraction of sp³-hybridized carbons (Fsp3) is 0.650. The third-order valence-electron chi connectivity index (χ3n) is 4.95. The summed E-state index contributed by atoms with van der Waals surface area (Å²) in [4.78, 5) is 6.86. The number of hydrogen-bond donors (Lipinski definition) is 2. The van der Waals surface area contributed by atoms with Gasteiger partial charge in [0.2, 0.25) is 0 Å². The third-order valence-corrected chi connectivity index (χ3v) is 4.95. The van der Waals surface area contributed by atoms with Crippen molar-refractivity contribution in [3.63, 3.8) is 0 Å². The van der Waals surface area contributed by atoms with Crippen LogP contribution in [0.15, 0.2) is 29.3 Å². The van der Waals surface area contributed by atoms with E-state index in [9.17, 15) is 0 Å². The van der Waals surface area contributed by atoms with Crippen molar-refractivity contribution in [3.8, 4) is 0 Å². The van der Waals surface area contributed by atoms with Gasteiger partial charge in [0.05, 0.1) is 6.61 Å². The first-order valence-corrected chi connectivity index (χ1v) is 9.37. The molecule has 0 bridgehead atoms. The van der Waals surface area contributed by atoms with Gasteiger partial charge in [0.25, 0.3) is 0 Å². The number of hydrogen-bond acceptors (Lipinski definition) is 3. The van der Waals surface area contributed by atoms with E-state index < -0.39 is 0 Å². The lowest BCUT2D eigenvalue weighted by molar-refractivity contribution is 0.128. The maximum Gasteiger partial charge on any atom is 0.191 e. The predicted molar refractivity (Wildman–Crippen MR) is 105 cm³/mol. The van der Waals surface area contributed by atoms with Crippen LogP contribution in [0.2, 0.25) is 0 Å². The van der Waals surface area contributed by atoms with Crippen molar-refractivity contribution in [2.24, 2.45) is 4.99 Å². The van der Waals surface area contributed by atoms with Gasteiger partial charge in [-0.15, -0.1) is 0 Å². The summed E-state index contributed by atoms with van der Waals surface area (Å²) in [5.41, 5.74) is 2.68. The second-order valence-electron chi connectivity index (χ2n) is 7.02. The highest BCUT2D eigenvalue weighted by molar-refractivity contribution is 5.80. The Hall–Kier alpha value is -1.59. The summed E-state index contributed by atoms with van der Waals surface area (Å²) in [6.45, 7) is 9.38. The minimum Gasteiger partial charge on any atom is -0.383 e. The second kappa shape index (κ2) is 10.4. The Morgan fingerprint density at radius 1 is 1.36 bits per heavy atom. The van der Waals surface area contributed by atoms with Crippen molar-refractivity contribution in [1.29, 1.82) is 0 Å². The van der Waals surface area contributed by atoms with E-state index in [0.29, 0.717) is 12.0 Å². The minimum atomic E-state index is 0.453. The molecule has 1 aromatic rings. The lowest BCUT2D eigenvalue weighted by Crippen LogP contribution is -2.49. The molecule has 0 aliphatic carbocycles. The zero-order valence-corrected chi connectivity index (χ0v) is 16.2. The molecular formula is C20H34N4O. The van der Waals surface area contributed by atoms with Crippen LogP contribution in [0.4, 0.5) is 0 Å². The molecule has 2 rings (SSSR count). The Morgan fingerprint density at radius 3 is 2.76 bits per heavy atom. The number of guanidine groups is 1. The summed E-state index contributed by atoms with van der Waals surface area (Å²) < 4.78 is 5.17. The fourth-order valence-corrected chi connectivity index (χ4v) is 3.25. The summed E-state index contributed by atoms with van der Waals surface area (Å²) in [6.07, 6.45) is 2.30. The van der Waals surface area contributed by atoms with Crippen LogP contribution in [0.3, 0.4) is 0 Å². The largest absolute Gasteiger partial charge is 0.383 e. The zero-order valence-electron chi connectivity index (χ0n) is 16.2. The number of likely N-dealkylation sites (tertiary alicyclic amines) is 1. The molecule has 0 aromatic heterocycles. The van der Waals surface area contributed by atoms with Gasteiger partial charge in [-0.25, -0.2) is 0 Å². The van der Waals surface area contributed by atoms with Crippen LogP contribution in [0, 0.1) is 6.92 Å². The Balaban J connectivity index is 1.74. The van der Waals surface area contributed by atoms with E-state index in [1.807, 2.05) is 7.05 Å². The summed E-state index contributed by atoms with van der Waals surface area (Å²) in [7, 11) is 3.61. The first kappa shape index (κ1) is 19.7. The van der Waals surface area contributed by atoms with E-state index >= 15 is 0 Å². The van der Waals surface area contributed by atoms with Gasteiger partial charge in [0, 0.05) is 46.4 Å². The first-order valence-electron chi connectivity index (χ1n) is 9.37. The number of rotatable bonds is 7. The molecule has 5 heteroatoms. The molecule has 0 saturated carbocycles. The van der Waals surface area contributed by atoms with E-state index in [2.05, 4.69) is 58.6 Å². The molecule has 140 valence electrons. The fourth-order valence-electron chi connectivity index (χ4n) is 3.25. The van der Waals surface area contributed by atoms with Crippen LogP contribution in [-0.4, -0.2) is 63.8 Å². The van der Waals surface area contributed by atoms with Gasteiger partial charge in [-0.3, -0.25) is 4.99 Å². The van der Waals surface area contributed by atoms with Crippen molar-refractivity contribution < 1.29 is 4.74 Å². The highest BCUT2D eigenvalue weighted by Gasteiger charge is 2.19. The van der Waals surface area contributed by atoms with Gasteiger partial charge in [-0.1, -0.05) is 36.8 Å². The van der Waals surface area contributed by atoms with Crippen molar-refractivity contribution in [2.75, 3.05) is 46.9 Å². The van der Waals surface area contributed by atoms with E-state index in [-0.39, 0.29) is 0 Å². The minimum absolute atomic E-state index is 0.453. The van der Waals surface area contributed by atoms with Gasteiger partial charge >= 0.3 is 0 Å². The number of benzene rings is 1. The molecule has 25 heavy (non-hydrogen) atoms. The van der Waals surface area contributed by atoms with Crippen LogP contribution < -0.4 is 10.6 Å². The monoisotopic (exact) mass is 346 g/mol. The average Bonchev–Trinajstić information content (AvgIpc) is 2.64. The van der Waals surface area contributed by atoms with Gasteiger partial charge in [0.1, 0.15) is 0 Å². The molecule has 1 unspecified atom stereocenters. The standard InChI is InChI=1S/C20H34N4O/c1-16-6-5-7-18(14-16)17(2)15-22-20(21-3)23-19-8-10-24(11-9-19)12-13-25-4/h5-7,14,17,19H,8-13,15H2,1-4H3,(H2,21,22,23). The molecule has 0 amide bonds. The van der Waals surface area contributed by atoms with Crippen molar-refractivity contribution in [3.05, 3.63) is 35.4 Å². The van der Waals surface area contributed by atoms with Gasteiger partial charge in [0.15, 0.2) is 5.96 Å². The molecule has 1 aromatic carbocycles. The predicted octanol–water partition coefficient (Wildman–Crippen LogP) is 2.37. The van der Waals surface area contributed by atoms with E-state index in [1.54, 1.807) is 7.11 Å². The quantitative estimate of drug-likeness (QED) is 0.588. The number of ether oxygens (including phenoxy) is 1. The smallest absolute Gasteiger partial charge is 0.191 e. The lowest BCUT2D eigenvalue weighted by atomic mass is 9.99. The molecule has 0 spiro atoms. The maximum atomic E-state index is 5.17. The molecule has 2 N–H and O–H groups in total. The number of nitrogens with zero attached hydrogens (tertiary/aromatic N) is 2. The normalized spacial score (nSPS) is 18.2. The highest BCUT2D eigenvalue weighted by atomic mass is 16.5. The number of piperidine rings is 1. The molecule has 1 saturated heterocycles. The van der Waals surface area contributed by atoms with Crippen LogP contribution >= 0.6 is 0 Å². The Bertz CT molecular complexity index is 538. The SMILES string of the molecule is CN=C(NCC(C)c1cccc(C)c1)NC1CCN(CCOC)CC1. The van der Waals surface area contributed by atoms with Crippen LogP contribution in [0.25, 0.3) is 0 Å². The van der Waals surface area contributed by atoms with Gasteiger partial charge < -0.3 is 20.3 Å². The molecule has 1 aliphatic heterocycles. The third kappa shape index (κ3) is 6.67. The average molecular weight is 347 g/mol. The summed E-state index contributed by atoms with van der Waals surface area (Å²) >= 11 is 0. The second-order valence-corrected chi connectivity index (χ2v) is 7.02. The zero-order chi connectivity index (χ0) is 18.1. The molecule has 1 aliphatic rings. The van der Waals surface area contributed by atoms with Crippen LogP contribution in [0.5, 0.6) is 0 Å². The van der Waals surface area contributed by atoms with E-state index in [4.69, 9.17) is 4.74 Å². The topological polar surface area (TPSA) is 48.9 Å². The van der Waals surface area contributed by atoms with Crippen molar-refractivity contribution >= 4 is 5.96 Å². The Kier molecular flexibility index (Phi) is 8.22. The van der Waals surface area contributed by atoms with Crippen molar-refractivity contribution in [2.45, 2.75) is 38.6 Å². The number of aliphatic imine (C=N–C) groups is 1. The highest BCUT2D eigenvalue weighted by Crippen LogP contribution is 2.15. The van der Waals surface area contributed by atoms with Gasteiger partial charge in [-0.05, 0) is 31.2 Å². The van der Waals surface area contributed by atoms with E-state index in [0.717, 1.165) is 51.6 Å². The van der Waals surface area contributed by atoms with Crippen molar-refractivity contribution in [1.82, 2.24) is 15.5 Å². The van der Waals surface area contributed by atoms with E-state index in [1.165, 1.54) is 11.1 Å². The number of aryl methyl sites for hydroxylation is 1. The van der Waals surface area contributed by atoms with Crippen LogP contribution in [0.1, 0.15) is 36.8 Å². The summed E-state index contributed by atoms with van der Waals surface area (Å²) in [6, 6.07) is 9.23. The molecule has 1 heterocycles. The summed E-state index contributed by atoms with van der Waals surface area (Å²) in [5, 5.41) is 7.07. The lowest BCUT2D eigenvalue weighted by Gasteiger charge is -2.33. The molecular weight excluding hydrogens is 312 g/mol. The molecule has 1 atom stereocenters. The summed E-state index contributed by atoms with van der Waals surface area (Å²) in [5.74, 6) is 1.36. The molecule has 5 nitrogen and oxygen atoms in total. The molecule has 0 radical (unpaired) electrons. The number of nitrogens with one attached hydrogen (secondary N) is 2. The Morgan fingerprint density at radius 2 is 2.12 bits per heavy atom. The maximum absolute atomic E-state index is 5.17.